The zero-order valence-corrected chi connectivity index (χ0v) is 15.0. The van der Waals surface area contributed by atoms with Gasteiger partial charge >= 0.3 is 0 Å². The van der Waals surface area contributed by atoms with Gasteiger partial charge in [0.1, 0.15) is 11.9 Å². The molecule has 1 spiro atoms. The first kappa shape index (κ1) is 15.8. The van der Waals surface area contributed by atoms with Gasteiger partial charge in [-0.3, -0.25) is 9.78 Å². The van der Waals surface area contributed by atoms with Crippen molar-refractivity contribution in [3.8, 4) is 5.75 Å². The summed E-state index contributed by atoms with van der Waals surface area (Å²) in [6.07, 6.45) is 6.49. The third kappa shape index (κ3) is 2.65. The van der Waals surface area contributed by atoms with Crippen LogP contribution in [0.15, 0.2) is 55.0 Å². The number of aromatic amines is 1. The fraction of sp³-hybridized carbons (Fsp3) is 0.300. The summed E-state index contributed by atoms with van der Waals surface area (Å²) >= 11 is 1.93. The van der Waals surface area contributed by atoms with Gasteiger partial charge < -0.3 is 14.6 Å². The molecular formula is C20H19N3O2S. The maximum atomic E-state index is 12.9. The third-order valence-electron chi connectivity index (χ3n) is 5.18. The van der Waals surface area contributed by atoms with E-state index in [1.165, 1.54) is 0 Å². The molecular weight excluding hydrogens is 346 g/mol. The van der Waals surface area contributed by atoms with Crippen molar-refractivity contribution in [2.24, 2.45) is 0 Å². The third-order valence-corrected chi connectivity index (χ3v) is 6.75. The van der Waals surface area contributed by atoms with Crippen molar-refractivity contribution in [3.63, 3.8) is 0 Å². The van der Waals surface area contributed by atoms with Gasteiger partial charge in [0.05, 0.1) is 16.5 Å². The first-order chi connectivity index (χ1) is 12.7. The summed E-state index contributed by atoms with van der Waals surface area (Å²) in [7, 11) is 0. The van der Waals surface area contributed by atoms with Gasteiger partial charge in [-0.25, -0.2) is 0 Å². The normalized spacial score (nSPS) is 21.1. The maximum Gasteiger partial charge on any atom is 0.256 e. The maximum absolute atomic E-state index is 12.9. The molecule has 2 aliphatic rings. The Morgan fingerprint density at radius 2 is 2.15 bits per heavy atom. The summed E-state index contributed by atoms with van der Waals surface area (Å²) in [5.74, 6) is 1.90. The van der Waals surface area contributed by atoms with Crippen LogP contribution in [0.4, 0.5) is 0 Å². The zero-order valence-electron chi connectivity index (χ0n) is 14.2. The second-order valence-electron chi connectivity index (χ2n) is 7.04. The second kappa shape index (κ2) is 6.06. The highest BCUT2D eigenvalue weighted by atomic mass is 32.2. The Labute approximate surface area is 155 Å². The molecule has 2 aliphatic heterocycles. The molecule has 2 fully saturated rings. The number of aromatic nitrogens is 2. The van der Waals surface area contributed by atoms with Crippen LogP contribution in [0, 0.1) is 0 Å². The van der Waals surface area contributed by atoms with Crippen molar-refractivity contribution in [2.45, 2.75) is 17.3 Å². The highest BCUT2D eigenvalue weighted by Gasteiger charge is 2.51. The molecule has 1 atom stereocenters. The number of hydrogen-bond acceptors (Lipinski definition) is 4. The predicted molar refractivity (Wildman–Crippen MR) is 103 cm³/mol. The Balaban J connectivity index is 1.24. The van der Waals surface area contributed by atoms with Gasteiger partial charge in [-0.05, 0) is 18.2 Å². The van der Waals surface area contributed by atoms with E-state index in [1.807, 2.05) is 59.3 Å². The molecule has 132 valence electrons. The number of ether oxygens (including phenoxy) is 1. The molecule has 3 aromatic rings. The Morgan fingerprint density at radius 3 is 3.00 bits per heavy atom. The van der Waals surface area contributed by atoms with Crippen molar-refractivity contribution in [1.82, 2.24) is 14.9 Å². The number of nitrogens with one attached hydrogen (secondary N) is 1. The van der Waals surface area contributed by atoms with E-state index in [1.54, 1.807) is 12.4 Å². The molecule has 2 aromatic heterocycles. The molecule has 5 rings (SSSR count). The first-order valence-electron chi connectivity index (χ1n) is 8.79. The smallest absolute Gasteiger partial charge is 0.256 e. The van der Waals surface area contributed by atoms with Gasteiger partial charge in [0.15, 0.2) is 0 Å². The number of rotatable bonds is 3. The summed E-state index contributed by atoms with van der Waals surface area (Å²) in [5.41, 5.74) is 1.77. The fourth-order valence-corrected chi connectivity index (χ4v) is 5.44. The number of thioether (sulfide) groups is 1. The number of para-hydroxylation sites is 1. The van der Waals surface area contributed by atoms with Crippen LogP contribution in [-0.2, 0) is 0 Å². The lowest BCUT2D eigenvalue weighted by Crippen LogP contribution is -2.60. The number of pyridine rings is 1. The number of amides is 1. The lowest BCUT2D eigenvalue weighted by atomic mass is 9.92. The molecule has 0 bridgehead atoms. The summed E-state index contributed by atoms with van der Waals surface area (Å²) in [6, 6.07) is 11.8. The highest BCUT2D eigenvalue weighted by Crippen LogP contribution is 2.46. The van der Waals surface area contributed by atoms with Gasteiger partial charge in [-0.2, -0.15) is 0 Å². The molecule has 2 saturated heterocycles. The van der Waals surface area contributed by atoms with Crippen LogP contribution >= 0.6 is 11.8 Å². The van der Waals surface area contributed by atoms with E-state index >= 15 is 0 Å². The second-order valence-corrected chi connectivity index (χ2v) is 8.52. The Kier molecular flexibility index (Phi) is 3.67. The number of hydrogen-bond donors (Lipinski definition) is 1. The summed E-state index contributed by atoms with van der Waals surface area (Å²) in [6.45, 7) is 1.59. The summed E-state index contributed by atoms with van der Waals surface area (Å²) < 4.78 is 6.19. The van der Waals surface area contributed by atoms with Crippen LogP contribution in [0.5, 0.6) is 5.75 Å². The van der Waals surface area contributed by atoms with Crippen molar-refractivity contribution >= 4 is 28.6 Å². The van der Waals surface area contributed by atoms with E-state index in [9.17, 15) is 4.79 Å². The Hall–Kier alpha value is -2.47. The number of benzene rings is 1. The summed E-state index contributed by atoms with van der Waals surface area (Å²) in [5, 5.41) is 0.996. The van der Waals surface area contributed by atoms with Gasteiger partial charge in [-0.1, -0.05) is 18.2 Å². The van der Waals surface area contributed by atoms with E-state index in [4.69, 9.17) is 4.74 Å². The number of fused-ring (bicyclic) bond motifs is 1. The zero-order chi connectivity index (χ0) is 17.6. The van der Waals surface area contributed by atoms with Crippen molar-refractivity contribution in [3.05, 3.63) is 60.6 Å². The van der Waals surface area contributed by atoms with Gasteiger partial charge in [0, 0.05) is 48.6 Å². The molecule has 0 aliphatic carbocycles. The molecule has 1 amide bonds. The molecule has 6 heteroatoms. The van der Waals surface area contributed by atoms with E-state index in [0.29, 0.717) is 0 Å². The largest absolute Gasteiger partial charge is 0.488 e. The van der Waals surface area contributed by atoms with Crippen LogP contribution in [0.2, 0.25) is 0 Å². The van der Waals surface area contributed by atoms with E-state index in [0.717, 1.165) is 47.5 Å². The topological polar surface area (TPSA) is 58.2 Å². The van der Waals surface area contributed by atoms with Crippen LogP contribution in [0.3, 0.4) is 0 Å². The molecule has 5 nitrogen and oxygen atoms in total. The predicted octanol–water partition coefficient (Wildman–Crippen LogP) is 3.34. The van der Waals surface area contributed by atoms with Gasteiger partial charge in [-0.15, -0.1) is 11.8 Å². The van der Waals surface area contributed by atoms with Crippen molar-refractivity contribution in [1.29, 1.82) is 0 Å². The molecule has 4 heterocycles. The minimum absolute atomic E-state index is 0.116. The average Bonchev–Trinajstić information content (AvgIpc) is 3.25. The molecule has 1 aromatic carbocycles. The minimum Gasteiger partial charge on any atom is -0.488 e. The molecule has 0 saturated carbocycles. The fourth-order valence-electron chi connectivity index (χ4n) is 3.92. The van der Waals surface area contributed by atoms with Gasteiger partial charge in [0.2, 0.25) is 0 Å². The summed E-state index contributed by atoms with van der Waals surface area (Å²) in [4.78, 5) is 22.1. The van der Waals surface area contributed by atoms with Crippen molar-refractivity contribution < 1.29 is 9.53 Å². The number of carbonyl (C=O) groups excluding carboxylic acids is 1. The number of H-pyrrole nitrogens is 1. The van der Waals surface area contributed by atoms with E-state index in [-0.39, 0.29) is 16.8 Å². The lowest BCUT2D eigenvalue weighted by molar-refractivity contribution is 0.0520. The van der Waals surface area contributed by atoms with Crippen LogP contribution < -0.4 is 4.74 Å². The number of likely N-dealkylation sites (tertiary alicyclic amines) is 1. The SMILES string of the molecule is O=C(c1c[nH]c2ccccc12)N1CC2(C[C@H](Oc3cccnc3)CS2)C1. The Bertz CT molecular complexity index is 950. The van der Waals surface area contributed by atoms with Gasteiger partial charge in [0.25, 0.3) is 5.91 Å². The first-order valence-corrected chi connectivity index (χ1v) is 9.77. The standard InChI is InChI=1S/C20H19N3O2S/c24-19(17-10-22-18-6-2-1-5-16(17)18)23-12-20(13-23)8-15(11-26-20)25-14-4-3-7-21-9-14/h1-7,9-10,15,22H,8,11-13H2/t15-/m0/s1. The van der Waals surface area contributed by atoms with E-state index in [2.05, 4.69) is 9.97 Å². The molecule has 0 radical (unpaired) electrons. The van der Waals surface area contributed by atoms with Crippen molar-refractivity contribution in [2.75, 3.05) is 18.8 Å². The average molecular weight is 365 g/mol. The Morgan fingerprint density at radius 1 is 1.27 bits per heavy atom. The van der Waals surface area contributed by atoms with E-state index < -0.39 is 0 Å². The molecule has 0 unspecified atom stereocenters. The molecule has 26 heavy (non-hydrogen) atoms. The monoisotopic (exact) mass is 365 g/mol. The number of carbonyl (C=O) groups is 1. The molecule has 1 N–H and O–H groups in total. The highest BCUT2D eigenvalue weighted by molar-refractivity contribution is 8.01. The van der Waals surface area contributed by atoms with Crippen LogP contribution in [0.25, 0.3) is 10.9 Å². The lowest BCUT2D eigenvalue weighted by Gasteiger charge is -2.47. The van der Waals surface area contributed by atoms with Crippen LogP contribution in [-0.4, -0.2) is 50.5 Å². The van der Waals surface area contributed by atoms with Crippen LogP contribution in [0.1, 0.15) is 16.8 Å². The minimum atomic E-state index is 0.116. The quantitative estimate of drug-likeness (QED) is 0.773. The number of nitrogens with zero attached hydrogens (tertiary/aromatic N) is 2.